The highest BCUT2D eigenvalue weighted by molar-refractivity contribution is 5.00. The summed E-state index contributed by atoms with van der Waals surface area (Å²) in [5, 5.41) is 0. The summed E-state index contributed by atoms with van der Waals surface area (Å²) < 4.78 is 5.09. The smallest absolute Gasteiger partial charge is 0.0673 e. The molecule has 1 aliphatic rings. The number of likely N-dealkylation sites (tertiary alicyclic amines) is 1. The van der Waals surface area contributed by atoms with Gasteiger partial charge in [-0.15, -0.1) is 0 Å². The minimum atomic E-state index is 0.535. The average molecular weight is 153 g/mol. The molecule has 1 fully saturated rings. The van der Waals surface area contributed by atoms with E-state index in [1.165, 1.54) is 12.8 Å². The molecule has 1 rings (SSSR count). The van der Waals surface area contributed by atoms with Crippen LogP contribution in [0, 0.1) is 12.0 Å². The summed E-state index contributed by atoms with van der Waals surface area (Å²) in [5.74, 6) is 2.92. The molecule has 0 aromatic heterocycles. The van der Waals surface area contributed by atoms with Gasteiger partial charge in [0.05, 0.1) is 12.6 Å². The largest absolute Gasteiger partial charge is 0.383 e. The summed E-state index contributed by atoms with van der Waals surface area (Å²) in [7, 11) is 1.75. The van der Waals surface area contributed by atoms with Gasteiger partial charge < -0.3 is 9.64 Å². The van der Waals surface area contributed by atoms with Gasteiger partial charge in [-0.1, -0.05) is 5.92 Å². The number of hydrogen-bond donors (Lipinski definition) is 0. The van der Waals surface area contributed by atoms with Crippen LogP contribution in [0.3, 0.4) is 0 Å². The molecule has 0 N–H and O–H groups in total. The van der Waals surface area contributed by atoms with Crippen LogP contribution >= 0.6 is 0 Å². The fraction of sp³-hybridized carbons (Fsp3) is 0.778. The third kappa shape index (κ3) is 2.13. The van der Waals surface area contributed by atoms with E-state index in [1.54, 1.807) is 7.11 Å². The zero-order valence-corrected chi connectivity index (χ0v) is 7.26. The minimum Gasteiger partial charge on any atom is -0.383 e. The van der Waals surface area contributed by atoms with Crippen molar-refractivity contribution in [3.63, 3.8) is 0 Å². The van der Waals surface area contributed by atoms with Gasteiger partial charge in [0.25, 0.3) is 0 Å². The second-order valence-electron chi connectivity index (χ2n) is 2.81. The first-order valence-corrected chi connectivity index (χ1v) is 4.06. The Morgan fingerprint density at radius 2 is 2.45 bits per heavy atom. The van der Waals surface area contributed by atoms with Gasteiger partial charge in [0.1, 0.15) is 0 Å². The Kier molecular flexibility index (Phi) is 3.25. The topological polar surface area (TPSA) is 12.5 Å². The molecule has 0 aliphatic carbocycles. The lowest BCUT2D eigenvalue weighted by Gasteiger charge is -2.18. The molecular weight excluding hydrogens is 138 g/mol. The first-order valence-electron chi connectivity index (χ1n) is 4.06. The Hall–Kier alpha value is -0.680. The number of rotatable bonds is 2. The van der Waals surface area contributed by atoms with Crippen LogP contribution in [0.25, 0.3) is 0 Å². The van der Waals surface area contributed by atoms with Gasteiger partial charge in [0.15, 0.2) is 0 Å². The van der Waals surface area contributed by atoms with Crippen molar-refractivity contribution in [2.75, 3.05) is 20.3 Å². The van der Waals surface area contributed by atoms with Crippen molar-refractivity contribution in [1.29, 1.82) is 0 Å². The Morgan fingerprint density at radius 1 is 1.64 bits per heavy atom. The quantitative estimate of drug-likeness (QED) is 0.550. The zero-order chi connectivity index (χ0) is 8.10. The van der Waals surface area contributed by atoms with Crippen LogP contribution in [-0.4, -0.2) is 31.2 Å². The Balaban J connectivity index is 2.41. The predicted molar refractivity (Wildman–Crippen MR) is 45.1 cm³/mol. The maximum atomic E-state index is 5.09. The molecule has 0 aromatic carbocycles. The summed E-state index contributed by atoms with van der Waals surface area (Å²) in [4.78, 5) is 2.18. The van der Waals surface area contributed by atoms with Crippen molar-refractivity contribution in [3.05, 3.63) is 0 Å². The lowest BCUT2D eigenvalue weighted by Crippen LogP contribution is -2.28. The minimum absolute atomic E-state index is 0.535. The molecule has 0 aromatic rings. The summed E-state index contributed by atoms with van der Waals surface area (Å²) in [6.45, 7) is 3.80. The molecule has 0 radical (unpaired) electrons. The van der Waals surface area contributed by atoms with Crippen molar-refractivity contribution in [1.82, 2.24) is 4.90 Å². The number of hydrogen-bond acceptors (Lipinski definition) is 2. The van der Waals surface area contributed by atoms with Crippen LogP contribution < -0.4 is 0 Å². The van der Waals surface area contributed by atoms with Gasteiger partial charge in [-0.05, 0) is 19.8 Å². The highest BCUT2D eigenvalue weighted by atomic mass is 16.5. The van der Waals surface area contributed by atoms with E-state index >= 15 is 0 Å². The van der Waals surface area contributed by atoms with E-state index in [1.807, 2.05) is 6.92 Å². The lowest BCUT2D eigenvalue weighted by atomic mass is 10.2. The number of methoxy groups -OCH3 is 1. The van der Waals surface area contributed by atoms with Gasteiger partial charge in [-0.25, -0.2) is 0 Å². The Morgan fingerprint density at radius 3 is 3.09 bits per heavy atom. The van der Waals surface area contributed by atoms with Crippen LogP contribution in [0.15, 0.2) is 0 Å². The SMILES string of the molecule is CC#CN1CCC[C@H]1COC. The molecule has 1 saturated heterocycles. The highest BCUT2D eigenvalue weighted by Crippen LogP contribution is 2.15. The molecule has 1 atom stereocenters. The number of nitrogens with zero attached hydrogens (tertiary/aromatic N) is 1. The molecule has 1 aliphatic heterocycles. The van der Waals surface area contributed by atoms with Crippen LogP contribution in [0.1, 0.15) is 19.8 Å². The molecule has 62 valence electrons. The fourth-order valence-electron chi connectivity index (χ4n) is 1.49. The second-order valence-corrected chi connectivity index (χ2v) is 2.81. The molecule has 11 heavy (non-hydrogen) atoms. The van der Waals surface area contributed by atoms with Crippen LogP contribution in [0.2, 0.25) is 0 Å². The summed E-state index contributed by atoms with van der Waals surface area (Å²) in [6.07, 6.45) is 2.48. The first-order chi connectivity index (χ1) is 5.38. The van der Waals surface area contributed by atoms with Crippen LogP contribution in [0.5, 0.6) is 0 Å². The molecule has 0 amide bonds. The fourth-order valence-corrected chi connectivity index (χ4v) is 1.49. The van der Waals surface area contributed by atoms with Crippen molar-refractivity contribution in [2.45, 2.75) is 25.8 Å². The monoisotopic (exact) mass is 153 g/mol. The van der Waals surface area contributed by atoms with Crippen molar-refractivity contribution in [3.8, 4) is 12.0 Å². The molecule has 1 heterocycles. The van der Waals surface area contributed by atoms with Gasteiger partial charge in [-0.3, -0.25) is 0 Å². The van der Waals surface area contributed by atoms with Crippen molar-refractivity contribution in [2.24, 2.45) is 0 Å². The maximum absolute atomic E-state index is 5.09. The van der Waals surface area contributed by atoms with Crippen molar-refractivity contribution < 1.29 is 4.74 Å². The summed E-state index contributed by atoms with van der Waals surface area (Å²) in [5.41, 5.74) is 0. The normalized spacial score (nSPS) is 23.1. The van der Waals surface area contributed by atoms with E-state index < -0.39 is 0 Å². The van der Waals surface area contributed by atoms with Crippen LogP contribution in [-0.2, 0) is 4.74 Å². The van der Waals surface area contributed by atoms with Gasteiger partial charge in [-0.2, -0.15) is 0 Å². The first kappa shape index (κ1) is 8.42. The third-order valence-electron chi connectivity index (χ3n) is 1.99. The van der Waals surface area contributed by atoms with E-state index in [2.05, 4.69) is 16.9 Å². The third-order valence-corrected chi connectivity index (χ3v) is 1.99. The molecule has 0 unspecified atom stereocenters. The predicted octanol–water partition coefficient (Wildman–Crippen LogP) is 1.08. The molecule has 0 spiro atoms. The average Bonchev–Trinajstić information content (AvgIpc) is 2.39. The van der Waals surface area contributed by atoms with Crippen molar-refractivity contribution >= 4 is 0 Å². The summed E-state index contributed by atoms with van der Waals surface area (Å²) >= 11 is 0. The molecule has 2 nitrogen and oxygen atoms in total. The van der Waals surface area contributed by atoms with E-state index in [9.17, 15) is 0 Å². The number of ether oxygens (including phenoxy) is 1. The zero-order valence-electron chi connectivity index (χ0n) is 7.26. The molecule has 0 bridgehead atoms. The summed E-state index contributed by atoms with van der Waals surface area (Å²) in [6, 6.07) is 3.62. The van der Waals surface area contributed by atoms with E-state index in [-0.39, 0.29) is 0 Å². The Bertz CT molecular complexity index is 168. The molecular formula is C9H15NO. The van der Waals surface area contributed by atoms with E-state index in [0.29, 0.717) is 6.04 Å². The molecule has 0 saturated carbocycles. The van der Waals surface area contributed by atoms with Crippen LogP contribution in [0.4, 0.5) is 0 Å². The van der Waals surface area contributed by atoms with Gasteiger partial charge in [0.2, 0.25) is 0 Å². The van der Waals surface area contributed by atoms with E-state index in [0.717, 1.165) is 13.2 Å². The van der Waals surface area contributed by atoms with Gasteiger partial charge in [0, 0.05) is 19.7 Å². The maximum Gasteiger partial charge on any atom is 0.0673 e. The standard InChI is InChI=1S/C9H15NO/c1-3-6-10-7-4-5-9(10)8-11-2/h9H,4-5,7-8H2,1-2H3/t9-/m0/s1. The molecule has 2 heteroatoms. The van der Waals surface area contributed by atoms with E-state index in [4.69, 9.17) is 4.74 Å². The second kappa shape index (κ2) is 4.25. The lowest BCUT2D eigenvalue weighted by molar-refractivity contribution is 0.142. The Labute approximate surface area is 68.5 Å². The van der Waals surface area contributed by atoms with Gasteiger partial charge >= 0.3 is 0 Å². The highest BCUT2D eigenvalue weighted by Gasteiger charge is 2.21.